The molecule has 0 saturated carbocycles. The van der Waals surface area contributed by atoms with Gasteiger partial charge in [-0.2, -0.15) is 17.6 Å². The van der Waals surface area contributed by atoms with Crippen LogP contribution >= 0.6 is 0 Å². The number of halogens is 4. The topological polar surface area (TPSA) is 86.7 Å². The van der Waals surface area contributed by atoms with E-state index in [0.29, 0.717) is 12.2 Å². The fraction of sp³-hybridized carbons (Fsp3) is 0.312. The van der Waals surface area contributed by atoms with Crippen LogP contribution in [0.3, 0.4) is 0 Å². The Morgan fingerprint density at radius 3 is 1.29 bits per heavy atom. The molecule has 0 saturated heterocycles. The quantitative estimate of drug-likeness (QED) is 0.0798. The standard InChI is InChI=1S/C32H32F4O6/c1-3-27(41-29(39)23-17-11-9-12-18-23)31(33,34)25(37)21-15-7-5-6-8-16-22-26(38)32(35,36)28(4-2)42-30(40)24-19-13-10-14-20-24/h3-6,9-14,17-20,27-28H,1-2,7-8,15-16,21-22H2/b6-5+. The lowest BCUT2D eigenvalue weighted by molar-refractivity contribution is -0.156. The highest BCUT2D eigenvalue weighted by atomic mass is 19.3. The zero-order chi connectivity index (χ0) is 31.2. The summed E-state index contributed by atoms with van der Waals surface area (Å²) in [6, 6.07) is 15.0. The molecule has 0 N–H and O–H groups in total. The summed E-state index contributed by atoms with van der Waals surface area (Å²) in [7, 11) is 0. The first-order valence-electron chi connectivity index (χ1n) is 13.2. The molecular weight excluding hydrogens is 556 g/mol. The maximum absolute atomic E-state index is 14.6. The molecule has 0 aliphatic rings. The third kappa shape index (κ3) is 9.64. The number of benzene rings is 2. The van der Waals surface area contributed by atoms with Crippen LogP contribution in [-0.4, -0.2) is 47.6 Å². The Bertz CT molecular complexity index is 1160. The molecule has 42 heavy (non-hydrogen) atoms. The molecule has 0 spiro atoms. The van der Waals surface area contributed by atoms with Gasteiger partial charge < -0.3 is 9.47 Å². The minimum atomic E-state index is -3.97. The number of carbonyl (C=O) groups excluding carboxylic acids is 4. The van der Waals surface area contributed by atoms with Crippen LogP contribution < -0.4 is 0 Å². The van der Waals surface area contributed by atoms with Crippen LogP contribution in [0.5, 0.6) is 0 Å². The highest BCUT2D eigenvalue weighted by Gasteiger charge is 2.48. The van der Waals surface area contributed by atoms with Crippen molar-refractivity contribution in [1.29, 1.82) is 0 Å². The van der Waals surface area contributed by atoms with Crippen molar-refractivity contribution in [3.05, 3.63) is 109 Å². The van der Waals surface area contributed by atoms with Gasteiger partial charge in [0, 0.05) is 12.8 Å². The van der Waals surface area contributed by atoms with Crippen LogP contribution in [0.2, 0.25) is 0 Å². The average molecular weight is 589 g/mol. The maximum Gasteiger partial charge on any atom is 0.344 e. The van der Waals surface area contributed by atoms with Gasteiger partial charge in [0.05, 0.1) is 11.1 Å². The van der Waals surface area contributed by atoms with Crippen LogP contribution in [0.15, 0.2) is 98.1 Å². The lowest BCUT2D eigenvalue weighted by atomic mass is 10.0. The normalized spacial score (nSPS) is 13.1. The molecule has 0 amide bonds. The first-order chi connectivity index (χ1) is 19.9. The third-order valence-electron chi connectivity index (χ3n) is 6.09. The van der Waals surface area contributed by atoms with E-state index in [1.54, 1.807) is 24.3 Å². The van der Waals surface area contributed by atoms with Crippen LogP contribution in [-0.2, 0) is 19.1 Å². The number of esters is 2. The van der Waals surface area contributed by atoms with E-state index in [4.69, 9.17) is 9.47 Å². The largest absolute Gasteiger partial charge is 0.448 e. The van der Waals surface area contributed by atoms with Crippen molar-refractivity contribution in [3.63, 3.8) is 0 Å². The molecule has 0 aliphatic carbocycles. The molecule has 0 radical (unpaired) electrons. The van der Waals surface area contributed by atoms with E-state index in [0.717, 1.165) is 0 Å². The smallest absolute Gasteiger partial charge is 0.344 e. The van der Waals surface area contributed by atoms with Gasteiger partial charge in [0.2, 0.25) is 11.6 Å². The number of alkyl halides is 4. The van der Waals surface area contributed by atoms with E-state index < -0.39 is 60.4 Å². The van der Waals surface area contributed by atoms with Gasteiger partial charge in [-0.25, -0.2) is 9.59 Å². The van der Waals surface area contributed by atoms with Crippen molar-refractivity contribution in [2.24, 2.45) is 0 Å². The summed E-state index contributed by atoms with van der Waals surface area (Å²) in [6.45, 7) is 6.49. The second-order valence-electron chi connectivity index (χ2n) is 9.20. The lowest BCUT2D eigenvalue weighted by Gasteiger charge is -2.23. The highest BCUT2D eigenvalue weighted by molar-refractivity contribution is 5.92. The van der Waals surface area contributed by atoms with E-state index in [2.05, 4.69) is 13.2 Å². The molecule has 2 atom stereocenters. The first kappa shape index (κ1) is 33.9. The van der Waals surface area contributed by atoms with E-state index in [1.807, 2.05) is 0 Å². The number of carbonyl (C=O) groups is 4. The number of hydrogen-bond donors (Lipinski definition) is 0. The molecule has 0 heterocycles. The zero-order valence-electron chi connectivity index (χ0n) is 22.9. The zero-order valence-corrected chi connectivity index (χ0v) is 22.9. The van der Waals surface area contributed by atoms with Gasteiger partial charge in [-0.05, 0) is 62.1 Å². The van der Waals surface area contributed by atoms with Crippen molar-refractivity contribution in [3.8, 4) is 0 Å². The molecule has 10 heteroatoms. The van der Waals surface area contributed by atoms with Crippen molar-refractivity contribution >= 4 is 23.5 Å². The molecule has 0 bridgehead atoms. The second kappa shape index (κ2) is 16.2. The summed E-state index contributed by atoms with van der Waals surface area (Å²) < 4.78 is 68.0. The Balaban J connectivity index is 1.74. The molecule has 2 rings (SSSR count). The van der Waals surface area contributed by atoms with E-state index >= 15 is 0 Å². The minimum Gasteiger partial charge on any atom is -0.448 e. The Labute approximate surface area is 241 Å². The van der Waals surface area contributed by atoms with E-state index in [1.165, 1.54) is 48.5 Å². The van der Waals surface area contributed by atoms with Crippen molar-refractivity contribution in [1.82, 2.24) is 0 Å². The molecule has 6 nitrogen and oxygen atoms in total. The molecule has 2 aromatic carbocycles. The van der Waals surface area contributed by atoms with Gasteiger partial charge in [-0.1, -0.05) is 61.7 Å². The van der Waals surface area contributed by atoms with Gasteiger partial charge in [0.15, 0.2) is 12.2 Å². The van der Waals surface area contributed by atoms with Gasteiger partial charge in [-0.3, -0.25) is 9.59 Å². The highest BCUT2D eigenvalue weighted by Crippen LogP contribution is 2.28. The fourth-order valence-electron chi connectivity index (χ4n) is 3.70. The van der Waals surface area contributed by atoms with Crippen LogP contribution in [0.25, 0.3) is 0 Å². The minimum absolute atomic E-state index is 0.0511. The molecular formula is C32H32F4O6. The summed E-state index contributed by atoms with van der Waals surface area (Å²) in [6.07, 6.45) is -0.0888. The summed E-state index contributed by atoms with van der Waals surface area (Å²) >= 11 is 0. The van der Waals surface area contributed by atoms with E-state index in [9.17, 15) is 36.7 Å². The van der Waals surface area contributed by atoms with Gasteiger partial charge >= 0.3 is 23.8 Å². The molecule has 2 aromatic rings. The number of rotatable bonds is 18. The number of hydrogen-bond acceptors (Lipinski definition) is 6. The lowest BCUT2D eigenvalue weighted by Crippen LogP contribution is -2.43. The maximum atomic E-state index is 14.6. The molecule has 0 aliphatic heterocycles. The predicted molar refractivity (Wildman–Crippen MR) is 148 cm³/mol. The van der Waals surface area contributed by atoms with Gasteiger partial charge in [0.1, 0.15) is 0 Å². The summed E-state index contributed by atoms with van der Waals surface area (Å²) in [5.74, 6) is -12.8. The summed E-state index contributed by atoms with van der Waals surface area (Å²) in [5.41, 5.74) is 0.102. The average Bonchev–Trinajstić information content (AvgIpc) is 2.99. The fourth-order valence-corrected chi connectivity index (χ4v) is 3.70. The van der Waals surface area contributed by atoms with E-state index in [-0.39, 0.29) is 36.8 Å². The van der Waals surface area contributed by atoms with Gasteiger partial charge in [0.25, 0.3) is 0 Å². The molecule has 0 aromatic heterocycles. The van der Waals surface area contributed by atoms with Crippen LogP contribution in [0.4, 0.5) is 17.6 Å². The van der Waals surface area contributed by atoms with Crippen LogP contribution in [0, 0.1) is 0 Å². The van der Waals surface area contributed by atoms with Crippen molar-refractivity contribution in [2.45, 2.75) is 62.6 Å². The van der Waals surface area contributed by atoms with Gasteiger partial charge in [-0.15, -0.1) is 0 Å². The Morgan fingerprint density at radius 1 is 0.643 bits per heavy atom. The SMILES string of the molecule is C=CC(OC(=O)c1ccccc1)C(F)(F)C(=O)CCC/C=C/CCCC(=O)C(F)(F)C(C=C)OC(=O)c1ccccc1. The monoisotopic (exact) mass is 588 g/mol. The third-order valence-corrected chi connectivity index (χ3v) is 6.09. The summed E-state index contributed by atoms with van der Waals surface area (Å²) in [4.78, 5) is 48.5. The molecule has 224 valence electrons. The number of ketones is 2. The Morgan fingerprint density at radius 2 is 0.976 bits per heavy atom. The molecule has 0 fully saturated rings. The summed E-state index contributed by atoms with van der Waals surface area (Å²) in [5, 5.41) is 0. The second-order valence-corrected chi connectivity index (χ2v) is 9.20. The number of allylic oxidation sites excluding steroid dienone is 2. The predicted octanol–water partition coefficient (Wildman–Crippen LogP) is 7.12. The van der Waals surface area contributed by atoms with Crippen molar-refractivity contribution in [2.75, 3.05) is 0 Å². The first-order valence-corrected chi connectivity index (χ1v) is 13.2. The Hall–Kier alpha value is -4.34. The number of unbranched alkanes of at least 4 members (excludes halogenated alkanes) is 2. The number of Topliss-reactive ketones (excluding diaryl/α,β-unsaturated/α-hetero) is 2. The van der Waals surface area contributed by atoms with Crippen molar-refractivity contribution < 1.29 is 46.2 Å². The number of ether oxygens (including phenoxy) is 2. The molecule has 2 unspecified atom stereocenters. The van der Waals surface area contributed by atoms with Crippen LogP contribution in [0.1, 0.15) is 59.2 Å². The Kier molecular flexibility index (Phi) is 13.1.